The fourth-order valence-corrected chi connectivity index (χ4v) is 1.67. The van der Waals surface area contributed by atoms with Gasteiger partial charge in [-0.25, -0.2) is 0 Å². The molecule has 0 bridgehead atoms. The van der Waals surface area contributed by atoms with E-state index in [2.05, 4.69) is 5.32 Å². The van der Waals surface area contributed by atoms with Crippen molar-refractivity contribution in [3.63, 3.8) is 0 Å². The van der Waals surface area contributed by atoms with Crippen molar-refractivity contribution in [2.45, 2.75) is 0 Å². The Morgan fingerprint density at radius 3 is 1.83 bits per heavy atom. The van der Waals surface area contributed by atoms with Gasteiger partial charge in [-0.1, -0.05) is 42.5 Å². The second kappa shape index (κ2) is 5.27. The molecule has 2 aromatic rings. The van der Waals surface area contributed by atoms with Crippen LogP contribution in [0.5, 0.6) is 0 Å². The first-order valence-corrected chi connectivity index (χ1v) is 5.64. The third-order valence-corrected chi connectivity index (χ3v) is 2.67. The fourth-order valence-electron chi connectivity index (χ4n) is 1.67. The predicted octanol–water partition coefficient (Wildman–Crippen LogP) is 2.28. The molecule has 0 aliphatic carbocycles. The SMILES string of the molecule is CNC(=O)c1ccc(C(=O)c2ccccc2)cc1. The van der Waals surface area contributed by atoms with Crippen molar-refractivity contribution in [2.24, 2.45) is 0 Å². The van der Waals surface area contributed by atoms with Crippen LogP contribution in [0.15, 0.2) is 54.6 Å². The average molecular weight is 239 g/mol. The van der Waals surface area contributed by atoms with Crippen LogP contribution in [0.3, 0.4) is 0 Å². The van der Waals surface area contributed by atoms with Gasteiger partial charge in [-0.3, -0.25) is 9.59 Å². The van der Waals surface area contributed by atoms with E-state index in [4.69, 9.17) is 0 Å². The summed E-state index contributed by atoms with van der Waals surface area (Å²) < 4.78 is 0. The molecule has 0 heterocycles. The molecule has 1 N–H and O–H groups in total. The maximum absolute atomic E-state index is 12.1. The van der Waals surface area contributed by atoms with Gasteiger partial charge in [-0.15, -0.1) is 0 Å². The Hall–Kier alpha value is -2.42. The minimum Gasteiger partial charge on any atom is -0.355 e. The first-order chi connectivity index (χ1) is 8.72. The van der Waals surface area contributed by atoms with Gasteiger partial charge in [0.25, 0.3) is 5.91 Å². The highest BCUT2D eigenvalue weighted by atomic mass is 16.1. The number of rotatable bonds is 3. The molecule has 0 radical (unpaired) electrons. The zero-order valence-corrected chi connectivity index (χ0v) is 10.0. The minimum absolute atomic E-state index is 0.0425. The maximum atomic E-state index is 12.1. The molecule has 18 heavy (non-hydrogen) atoms. The fraction of sp³-hybridized carbons (Fsp3) is 0.0667. The molecule has 90 valence electrons. The maximum Gasteiger partial charge on any atom is 0.251 e. The first kappa shape index (κ1) is 12.0. The van der Waals surface area contributed by atoms with Crippen LogP contribution in [0, 0.1) is 0 Å². The van der Waals surface area contributed by atoms with E-state index in [0.717, 1.165) is 0 Å². The van der Waals surface area contributed by atoms with Gasteiger partial charge in [0.2, 0.25) is 0 Å². The molecule has 0 unspecified atom stereocenters. The Labute approximate surface area is 105 Å². The summed E-state index contributed by atoms with van der Waals surface area (Å²) >= 11 is 0. The Kier molecular flexibility index (Phi) is 3.53. The van der Waals surface area contributed by atoms with E-state index in [1.54, 1.807) is 43.4 Å². The Balaban J connectivity index is 2.25. The molecule has 3 nitrogen and oxygen atoms in total. The zero-order chi connectivity index (χ0) is 13.0. The molecule has 0 atom stereocenters. The number of carbonyl (C=O) groups excluding carboxylic acids is 2. The van der Waals surface area contributed by atoms with Crippen LogP contribution in [-0.2, 0) is 0 Å². The van der Waals surface area contributed by atoms with Crippen LogP contribution in [0.2, 0.25) is 0 Å². The Bertz CT molecular complexity index is 559. The summed E-state index contributed by atoms with van der Waals surface area (Å²) in [5.74, 6) is -0.201. The lowest BCUT2D eigenvalue weighted by atomic mass is 10.0. The lowest BCUT2D eigenvalue weighted by Gasteiger charge is -2.03. The number of hydrogen-bond acceptors (Lipinski definition) is 2. The largest absolute Gasteiger partial charge is 0.355 e. The van der Waals surface area contributed by atoms with Crippen molar-refractivity contribution in [1.29, 1.82) is 0 Å². The highest BCUT2D eigenvalue weighted by Gasteiger charge is 2.09. The predicted molar refractivity (Wildman–Crippen MR) is 69.7 cm³/mol. The third kappa shape index (κ3) is 2.46. The van der Waals surface area contributed by atoms with Gasteiger partial charge in [0.15, 0.2) is 5.78 Å². The van der Waals surface area contributed by atoms with E-state index in [1.807, 2.05) is 18.2 Å². The van der Waals surface area contributed by atoms with Crippen molar-refractivity contribution in [2.75, 3.05) is 7.05 Å². The van der Waals surface area contributed by atoms with Crippen molar-refractivity contribution in [3.05, 3.63) is 71.3 Å². The summed E-state index contributed by atoms with van der Waals surface area (Å²) in [7, 11) is 1.57. The minimum atomic E-state index is -0.159. The molecule has 2 rings (SSSR count). The lowest BCUT2D eigenvalue weighted by Crippen LogP contribution is -2.17. The molecule has 0 saturated carbocycles. The van der Waals surface area contributed by atoms with Crippen LogP contribution in [0.25, 0.3) is 0 Å². The van der Waals surface area contributed by atoms with Crippen LogP contribution < -0.4 is 5.32 Å². The molecule has 0 aromatic heterocycles. The molecule has 0 aliphatic heterocycles. The smallest absolute Gasteiger partial charge is 0.251 e. The van der Waals surface area contributed by atoms with Gasteiger partial charge >= 0.3 is 0 Å². The summed E-state index contributed by atoms with van der Waals surface area (Å²) in [4.78, 5) is 23.5. The highest BCUT2D eigenvalue weighted by molar-refractivity contribution is 6.09. The van der Waals surface area contributed by atoms with Crippen LogP contribution in [0.4, 0.5) is 0 Å². The lowest BCUT2D eigenvalue weighted by molar-refractivity contribution is 0.0961. The molecular weight excluding hydrogens is 226 g/mol. The zero-order valence-electron chi connectivity index (χ0n) is 10.0. The van der Waals surface area contributed by atoms with Gasteiger partial charge in [0.1, 0.15) is 0 Å². The van der Waals surface area contributed by atoms with Gasteiger partial charge in [0.05, 0.1) is 0 Å². The number of hydrogen-bond donors (Lipinski definition) is 1. The Morgan fingerprint density at radius 1 is 0.778 bits per heavy atom. The summed E-state index contributed by atoms with van der Waals surface area (Å²) in [5.41, 5.74) is 1.76. The third-order valence-electron chi connectivity index (χ3n) is 2.67. The molecule has 1 amide bonds. The second-order valence-corrected chi connectivity index (χ2v) is 3.85. The van der Waals surface area contributed by atoms with E-state index >= 15 is 0 Å². The van der Waals surface area contributed by atoms with Crippen molar-refractivity contribution in [1.82, 2.24) is 5.32 Å². The monoisotopic (exact) mass is 239 g/mol. The standard InChI is InChI=1S/C15H13NO2/c1-16-15(18)13-9-7-12(8-10-13)14(17)11-5-3-2-4-6-11/h2-10H,1H3,(H,16,18). The molecule has 0 fully saturated rings. The Morgan fingerprint density at radius 2 is 1.28 bits per heavy atom. The number of benzene rings is 2. The number of ketones is 1. The number of amides is 1. The topological polar surface area (TPSA) is 46.2 Å². The van der Waals surface area contributed by atoms with Crippen molar-refractivity contribution >= 4 is 11.7 Å². The van der Waals surface area contributed by atoms with E-state index in [-0.39, 0.29) is 11.7 Å². The summed E-state index contributed by atoms with van der Waals surface area (Å²) in [6.45, 7) is 0. The summed E-state index contributed by atoms with van der Waals surface area (Å²) in [6, 6.07) is 15.7. The van der Waals surface area contributed by atoms with Crippen LogP contribution >= 0.6 is 0 Å². The van der Waals surface area contributed by atoms with Gasteiger partial charge in [0, 0.05) is 23.7 Å². The van der Waals surface area contributed by atoms with E-state index in [9.17, 15) is 9.59 Å². The summed E-state index contributed by atoms with van der Waals surface area (Å²) in [5, 5.41) is 2.54. The normalized spacial score (nSPS) is 9.83. The van der Waals surface area contributed by atoms with Gasteiger partial charge in [-0.2, -0.15) is 0 Å². The molecule has 3 heteroatoms. The van der Waals surface area contributed by atoms with Crippen LogP contribution in [-0.4, -0.2) is 18.7 Å². The van der Waals surface area contributed by atoms with E-state index < -0.39 is 0 Å². The van der Waals surface area contributed by atoms with Crippen LogP contribution in [0.1, 0.15) is 26.3 Å². The van der Waals surface area contributed by atoms with E-state index in [1.165, 1.54) is 0 Å². The molecular formula is C15H13NO2. The first-order valence-electron chi connectivity index (χ1n) is 5.64. The van der Waals surface area contributed by atoms with E-state index in [0.29, 0.717) is 16.7 Å². The molecule has 2 aromatic carbocycles. The summed E-state index contributed by atoms with van der Waals surface area (Å²) in [6.07, 6.45) is 0. The molecule has 0 saturated heterocycles. The highest BCUT2D eigenvalue weighted by Crippen LogP contribution is 2.11. The average Bonchev–Trinajstić information content (AvgIpc) is 2.47. The van der Waals surface area contributed by atoms with Gasteiger partial charge in [-0.05, 0) is 12.1 Å². The van der Waals surface area contributed by atoms with Crippen molar-refractivity contribution in [3.8, 4) is 0 Å². The van der Waals surface area contributed by atoms with Gasteiger partial charge < -0.3 is 5.32 Å². The second-order valence-electron chi connectivity index (χ2n) is 3.85. The van der Waals surface area contributed by atoms with Crippen molar-refractivity contribution < 1.29 is 9.59 Å². The number of nitrogens with one attached hydrogen (secondary N) is 1. The quantitative estimate of drug-likeness (QED) is 0.835. The molecule has 0 spiro atoms. The molecule has 0 aliphatic rings. The number of carbonyl (C=O) groups is 2.